The molecular weight excluding hydrogens is 200 g/mol. The van der Waals surface area contributed by atoms with Crippen molar-refractivity contribution in [1.82, 2.24) is 0 Å². The SMILES string of the molecule is C=C1CCN(c2ccc(N)c(OCC)c2)C1. The summed E-state index contributed by atoms with van der Waals surface area (Å²) in [6, 6.07) is 5.95. The molecule has 1 heterocycles. The number of hydrogen-bond donors (Lipinski definition) is 1. The maximum Gasteiger partial charge on any atom is 0.144 e. The molecular formula is C13H18N2O. The highest BCUT2D eigenvalue weighted by atomic mass is 16.5. The Morgan fingerprint density at radius 3 is 2.94 bits per heavy atom. The molecule has 1 fully saturated rings. The first-order chi connectivity index (χ1) is 7.70. The van der Waals surface area contributed by atoms with Crippen molar-refractivity contribution in [1.29, 1.82) is 0 Å². The van der Waals surface area contributed by atoms with Gasteiger partial charge in [0, 0.05) is 24.8 Å². The fourth-order valence-corrected chi connectivity index (χ4v) is 1.94. The molecule has 1 aromatic carbocycles. The van der Waals surface area contributed by atoms with Crippen molar-refractivity contribution in [2.45, 2.75) is 13.3 Å². The van der Waals surface area contributed by atoms with Gasteiger partial charge < -0.3 is 15.4 Å². The van der Waals surface area contributed by atoms with E-state index in [0.717, 1.165) is 30.9 Å². The van der Waals surface area contributed by atoms with Crippen LogP contribution in [0, 0.1) is 0 Å². The average molecular weight is 218 g/mol. The molecule has 1 aliphatic heterocycles. The van der Waals surface area contributed by atoms with Crippen LogP contribution < -0.4 is 15.4 Å². The molecule has 1 aliphatic rings. The predicted octanol–water partition coefficient (Wildman–Crippen LogP) is 2.43. The molecule has 0 radical (unpaired) electrons. The van der Waals surface area contributed by atoms with E-state index in [9.17, 15) is 0 Å². The van der Waals surface area contributed by atoms with E-state index in [1.54, 1.807) is 0 Å². The second-order valence-electron chi connectivity index (χ2n) is 4.08. The Bertz CT molecular complexity index is 401. The van der Waals surface area contributed by atoms with Gasteiger partial charge in [0.25, 0.3) is 0 Å². The van der Waals surface area contributed by atoms with E-state index in [0.29, 0.717) is 12.3 Å². The molecule has 16 heavy (non-hydrogen) atoms. The van der Waals surface area contributed by atoms with Crippen LogP contribution >= 0.6 is 0 Å². The molecule has 2 N–H and O–H groups in total. The van der Waals surface area contributed by atoms with E-state index in [-0.39, 0.29) is 0 Å². The number of benzene rings is 1. The predicted molar refractivity (Wildman–Crippen MR) is 68.0 cm³/mol. The molecule has 1 saturated heterocycles. The Balaban J connectivity index is 2.21. The van der Waals surface area contributed by atoms with E-state index in [1.165, 1.54) is 5.57 Å². The van der Waals surface area contributed by atoms with Gasteiger partial charge in [-0.2, -0.15) is 0 Å². The van der Waals surface area contributed by atoms with Crippen molar-refractivity contribution in [2.24, 2.45) is 0 Å². The molecule has 0 aromatic heterocycles. The first kappa shape index (κ1) is 10.9. The van der Waals surface area contributed by atoms with Gasteiger partial charge in [0.2, 0.25) is 0 Å². The lowest BCUT2D eigenvalue weighted by Crippen LogP contribution is -2.17. The first-order valence-electron chi connectivity index (χ1n) is 5.64. The second kappa shape index (κ2) is 4.47. The Morgan fingerprint density at radius 1 is 1.50 bits per heavy atom. The first-order valence-corrected chi connectivity index (χ1v) is 5.64. The monoisotopic (exact) mass is 218 g/mol. The standard InChI is InChI=1S/C13H18N2O/c1-3-16-13-8-11(4-5-12(13)14)15-7-6-10(2)9-15/h4-5,8H,2-3,6-7,9,14H2,1H3. The third kappa shape index (κ3) is 2.13. The summed E-state index contributed by atoms with van der Waals surface area (Å²) in [6.45, 7) is 8.59. The van der Waals surface area contributed by atoms with Crippen LogP contribution in [-0.4, -0.2) is 19.7 Å². The van der Waals surface area contributed by atoms with Gasteiger partial charge in [0.15, 0.2) is 0 Å². The average Bonchev–Trinajstić information content (AvgIpc) is 2.69. The van der Waals surface area contributed by atoms with Crippen LogP contribution in [0.25, 0.3) is 0 Å². The molecule has 0 unspecified atom stereocenters. The fourth-order valence-electron chi connectivity index (χ4n) is 1.94. The summed E-state index contributed by atoms with van der Waals surface area (Å²) in [6.07, 6.45) is 1.08. The maximum absolute atomic E-state index is 5.84. The molecule has 3 heteroatoms. The molecule has 3 nitrogen and oxygen atoms in total. The van der Waals surface area contributed by atoms with Crippen LogP contribution in [0.5, 0.6) is 5.75 Å². The summed E-state index contributed by atoms with van der Waals surface area (Å²) in [5.41, 5.74) is 8.99. The van der Waals surface area contributed by atoms with Crippen LogP contribution in [0.1, 0.15) is 13.3 Å². The Kier molecular flexibility index (Phi) is 3.04. The normalized spacial score (nSPS) is 15.6. The number of ether oxygens (including phenoxy) is 1. The maximum atomic E-state index is 5.84. The highest BCUT2D eigenvalue weighted by molar-refractivity contribution is 5.63. The number of rotatable bonds is 3. The summed E-state index contributed by atoms with van der Waals surface area (Å²) in [5, 5.41) is 0. The van der Waals surface area contributed by atoms with Gasteiger partial charge in [0.1, 0.15) is 5.75 Å². The number of hydrogen-bond acceptors (Lipinski definition) is 3. The van der Waals surface area contributed by atoms with Crippen molar-refractivity contribution in [3.8, 4) is 5.75 Å². The molecule has 0 spiro atoms. The molecule has 86 valence electrons. The smallest absolute Gasteiger partial charge is 0.144 e. The molecule has 0 saturated carbocycles. The molecule has 0 amide bonds. The quantitative estimate of drug-likeness (QED) is 0.625. The molecule has 2 rings (SSSR count). The number of nitrogens with zero attached hydrogens (tertiary/aromatic N) is 1. The summed E-state index contributed by atoms with van der Waals surface area (Å²) in [7, 11) is 0. The van der Waals surface area contributed by atoms with Gasteiger partial charge in [-0.05, 0) is 25.5 Å². The largest absolute Gasteiger partial charge is 0.492 e. The van der Waals surface area contributed by atoms with Crippen LogP contribution in [0.3, 0.4) is 0 Å². The minimum absolute atomic E-state index is 0.639. The lowest BCUT2D eigenvalue weighted by atomic mass is 10.2. The number of anilines is 2. The highest BCUT2D eigenvalue weighted by Crippen LogP contribution is 2.30. The van der Waals surface area contributed by atoms with E-state index in [2.05, 4.69) is 11.5 Å². The van der Waals surface area contributed by atoms with E-state index >= 15 is 0 Å². The molecule has 1 aromatic rings. The third-order valence-corrected chi connectivity index (χ3v) is 2.81. The fraction of sp³-hybridized carbons (Fsp3) is 0.385. The van der Waals surface area contributed by atoms with Crippen LogP contribution in [0.4, 0.5) is 11.4 Å². The molecule has 0 aliphatic carbocycles. The third-order valence-electron chi connectivity index (χ3n) is 2.81. The lowest BCUT2D eigenvalue weighted by molar-refractivity contribution is 0.342. The summed E-state index contributed by atoms with van der Waals surface area (Å²) in [4.78, 5) is 2.30. The highest BCUT2D eigenvalue weighted by Gasteiger charge is 2.16. The zero-order chi connectivity index (χ0) is 11.5. The van der Waals surface area contributed by atoms with Gasteiger partial charge in [-0.1, -0.05) is 12.2 Å². The van der Waals surface area contributed by atoms with Crippen LogP contribution in [0.2, 0.25) is 0 Å². The van der Waals surface area contributed by atoms with Crippen LogP contribution in [0.15, 0.2) is 30.4 Å². The van der Waals surface area contributed by atoms with Gasteiger partial charge in [-0.15, -0.1) is 0 Å². The number of nitrogens with two attached hydrogens (primary N) is 1. The Hall–Kier alpha value is -1.64. The molecule has 0 bridgehead atoms. The summed E-state index contributed by atoms with van der Waals surface area (Å²) >= 11 is 0. The van der Waals surface area contributed by atoms with Crippen molar-refractivity contribution >= 4 is 11.4 Å². The Labute approximate surface area is 96.5 Å². The van der Waals surface area contributed by atoms with E-state index in [4.69, 9.17) is 10.5 Å². The van der Waals surface area contributed by atoms with Crippen molar-refractivity contribution in [2.75, 3.05) is 30.3 Å². The lowest BCUT2D eigenvalue weighted by Gasteiger charge is -2.19. The van der Waals surface area contributed by atoms with Gasteiger partial charge in [-0.25, -0.2) is 0 Å². The minimum atomic E-state index is 0.639. The van der Waals surface area contributed by atoms with Gasteiger partial charge in [-0.3, -0.25) is 0 Å². The van der Waals surface area contributed by atoms with Crippen LogP contribution in [-0.2, 0) is 0 Å². The topological polar surface area (TPSA) is 38.5 Å². The van der Waals surface area contributed by atoms with E-state index in [1.807, 2.05) is 25.1 Å². The van der Waals surface area contributed by atoms with Gasteiger partial charge in [0.05, 0.1) is 12.3 Å². The molecule has 0 atom stereocenters. The Morgan fingerprint density at radius 2 is 2.31 bits per heavy atom. The van der Waals surface area contributed by atoms with Crippen molar-refractivity contribution in [3.05, 3.63) is 30.4 Å². The summed E-state index contributed by atoms with van der Waals surface area (Å²) in [5.74, 6) is 0.775. The van der Waals surface area contributed by atoms with E-state index < -0.39 is 0 Å². The second-order valence-corrected chi connectivity index (χ2v) is 4.08. The van der Waals surface area contributed by atoms with Crippen molar-refractivity contribution in [3.63, 3.8) is 0 Å². The number of nitrogen functional groups attached to an aromatic ring is 1. The minimum Gasteiger partial charge on any atom is -0.492 e. The summed E-state index contributed by atoms with van der Waals surface area (Å²) < 4.78 is 5.49. The zero-order valence-electron chi connectivity index (χ0n) is 9.70. The van der Waals surface area contributed by atoms with Gasteiger partial charge >= 0.3 is 0 Å². The zero-order valence-corrected chi connectivity index (χ0v) is 9.70. The van der Waals surface area contributed by atoms with Crippen molar-refractivity contribution < 1.29 is 4.74 Å².